The van der Waals surface area contributed by atoms with Crippen molar-refractivity contribution in [3.05, 3.63) is 0 Å². The summed E-state index contributed by atoms with van der Waals surface area (Å²) in [6.45, 7) is 0.710. The first kappa shape index (κ1) is 11.8. The molecular weight excluding hydrogens is 196 g/mol. The van der Waals surface area contributed by atoms with Crippen molar-refractivity contribution in [3.63, 3.8) is 0 Å². The Balaban J connectivity index is 1.93. The number of carbonyl (C=O) groups is 2. The van der Waals surface area contributed by atoms with Gasteiger partial charge >= 0.3 is 6.03 Å². The summed E-state index contributed by atoms with van der Waals surface area (Å²) in [5.41, 5.74) is 2.10. The number of hydrogen-bond acceptors (Lipinski definition) is 3. The molecule has 0 aliphatic carbocycles. The molecule has 0 radical (unpaired) electrons. The summed E-state index contributed by atoms with van der Waals surface area (Å²) < 4.78 is 0. The van der Waals surface area contributed by atoms with Gasteiger partial charge in [0.05, 0.1) is 0 Å². The Kier molecular flexibility index (Phi) is 4.89. The van der Waals surface area contributed by atoms with Gasteiger partial charge in [0.25, 0.3) is 0 Å². The standard InChI is InChI=1S/C9H18N4O2/c10-13-8(14)5-3-1-2-4-7-6-11-9(15)12-7/h7H,1-6,10H2,(H,13,14)(H2,11,12,15). The van der Waals surface area contributed by atoms with Gasteiger partial charge in [0.15, 0.2) is 0 Å². The molecule has 15 heavy (non-hydrogen) atoms. The largest absolute Gasteiger partial charge is 0.336 e. The van der Waals surface area contributed by atoms with Crippen molar-refractivity contribution in [1.82, 2.24) is 16.1 Å². The Morgan fingerprint density at radius 3 is 2.87 bits per heavy atom. The summed E-state index contributed by atoms with van der Waals surface area (Å²) in [6, 6.07) is 0.170. The molecule has 1 saturated heterocycles. The predicted octanol–water partition coefficient (Wildman–Crippen LogP) is -0.392. The molecule has 1 aliphatic rings. The lowest BCUT2D eigenvalue weighted by atomic mass is 10.1. The zero-order chi connectivity index (χ0) is 11.1. The van der Waals surface area contributed by atoms with Crippen LogP contribution in [0.2, 0.25) is 0 Å². The van der Waals surface area contributed by atoms with Crippen LogP contribution in [0, 0.1) is 0 Å². The summed E-state index contributed by atoms with van der Waals surface area (Å²) >= 11 is 0. The highest BCUT2D eigenvalue weighted by Gasteiger charge is 2.18. The molecule has 1 fully saturated rings. The molecule has 0 bridgehead atoms. The van der Waals surface area contributed by atoms with Gasteiger partial charge in [-0.3, -0.25) is 10.2 Å². The Hall–Kier alpha value is -1.30. The van der Waals surface area contributed by atoms with E-state index in [0.717, 1.165) is 25.7 Å². The maximum atomic E-state index is 10.8. The second-order valence-corrected chi connectivity index (χ2v) is 3.72. The molecule has 6 nitrogen and oxygen atoms in total. The van der Waals surface area contributed by atoms with Crippen molar-refractivity contribution in [3.8, 4) is 0 Å². The molecule has 0 aromatic carbocycles. The van der Waals surface area contributed by atoms with Crippen LogP contribution in [0.25, 0.3) is 0 Å². The average Bonchev–Trinajstić information content (AvgIpc) is 2.63. The van der Waals surface area contributed by atoms with Crippen LogP contribution < -0.4 is 21.9 Å². The third kappa shape index (κ3) is 4.64. The van der Waals surface area contributed by atoms with Crippen LogP contribution in [-0.2, 0) is 4.79 Å². The Morgan fingerprint density at radius 2 is 2.27 bits per heavy atom. The van der Waals surface area contributed by atoms with Crippen molar-refractivity contribution in [2.75, 3.05) is 6.54 Å². The maximum Gasteiger partial charge on any atom is 0.315 e. The van der Waals surface area contributed by atoms with Crippen molar-refractivity contribution in [2.24, 2.45) is 5.84 Å². The minimum Gasteiger partial charge on any atom is -0.336 e. The molecule has 0 aromatic rings. The quantitative estimate of drug-likeness (QED) is 0.210. The van der Waals surface area contributed by atoms with Crippen LogP contribution in [-0.4, -0.2) is 24.5 Å². The SMILES string of the molecule is NNC(=O)CCCCCC1CNC(=O)N1. The summed E-state index contributed by atoms with van der Waals surface area (Å²) in [7, 11) is 0. The third-order valence-electron chi connectivity index (χ3n) is 2.46. The first-order valence-corrected chi connectivity index (χ1v) is 5.26. The van der Waals surface area contributed by atoms with Gasteiger partial charge in [-0.1, -0.05) is 12.8 Å². The molecule has 5 N–H and O–H groups in total. The molecular formula is C9H18N4O2. The number of rotatable bonds is 6. The second kappa shape index (κ2) is 6.23. The highest BCUT2D eigenvalue weighted by molar-refractivity contribution is 5.76. The van der Waals surface area contributed by atoms with Crippen molar-refractivity contribution >= 4 is 11.9 Å². The number of amides is 3. The molecule has 86 valence electrons. The number of hydrogen-bond donors (Lipinski definition) is 4. The minimum atomic E-state index is -0.120. The van der Waals surface area contributed by atoms with Crippen molar-refractivity contribution in [2.45, 2.75) is 38.1 Å². The number of nitrogens with one attached hydrogen (secondary N) is 3. The van der Waals surface area contributed by atoms with Crippen molar-refractivity contribution in [1.29, 1.82) is 0 Å². The zero-order valence-corrected chi connectivity index (χ0v) is 8.71. The molecule has 0 saturated carbocycles. The lowest BCUT2D eigenvalue weighted by Gasteiger charge is -2.07. The topological polar surface area (TPSA) is 96.2 Å². The lowest BCUT2D eigenvalue weighted by molar-refractivity contribution is -0.121. The highest BCUT2D eigenvalue weighted by Crippen LogP contribution is 2.07. The van der Waals surface area contributed by atoms with Crippen LogP contribution in [0.1, 0.15) is 32.1 Å². The number of urea groups is 1. The van der Waals surface area contributed by atoms with E-state index < -0.39 is 0 Å². The molecule has 0 spiro atoms. The van der Waals surface area contributed by atoms with Crippen LogP contribution >= 0.6 is 0 Å². The molecule has 1 unspecified atom stereocenters. The monoisotopic (exact) mass is 214 g/mol. The highest BCUT2D eigenvalue weighted by atomic mass is 16.2. The van der Waals surface area contributed by atoms with Gasteiger partial charge in [-0.25, -0.2) is 10.6 Å². The fraction of sp³-hybridized carbons (Fsp3) is 0.778. The molecule has 1 heterocycles. The van der Waals surface area contributed by atoms with Gasteiger partial charge in [-0.2, -0.15) is 0 Å². The van der Waals surface area contributed by atoms with Gasteiger partial charge in [-0.15, -0.1) is 0 Å². The van der Waals surface area contributed by atoms with Crippen molar-refractivity contribution < 1.29 is 9.59 Å². The van der Waals surface area contributed by atoms with Gasteiger partial charge in [-0.05, 0) is 12.8 Å². The van der Waals surface area contributed by atoms with E-state index in [1.165, 1.54) is 0 Å². The third-order valence-corrected chi connectivity index (χ3v) is 2.46. The second-order valence-electron chi connectivity index (χ2n) is 3.72. The smallest absolute Gasteiger partial charge is 0.315 e. The van der Waals surface area contributed by atoms with E-state index in [9.17, 15) is 9.59 Å². The Bertz CT molecular complexity index is 232. The van der Waals surface area contributed by atoms with Crippen LogP contribution in [0.4, 0.5) is 4.79 Å². The van der Waals surface area contributed by atoms with E-state index in [4.69, 9.17) is 5.84 Å². The molecule has 1 rings (SSSR count). The van der Waals surface area contributed by atoms with Gasteiger partial charge < -0.3 is 10.6 Å². The molecule has 1 atom stereocenters. The first-order valence-electron chi connectivity index (χ1n) is 5.26. The minimum absolute atomic E-state index is 0.0810. The number of hydrazine groups is 1. The zero-order valence-electron chi connectivity index (χ0n) is 8.71. The molecule has 6 heteroatoms. The summed E-state index contributed by atoms with van der Waals surface area (Å²) in [4.78, 5) is 21.6. The van der Waals surface area contributed by atoms with E-state index >= 15 is 0 Å². The number of nitrogens with two attached hydrogens (primary N) is 1. The Labute approximate surface area is 88.9 Å². The maximum absolute atomic E-state index is 10.8. The Morgan fingerprint density at radius 1 is 1.47 bits per heavy atom. The summed E-state index contributed by atoms with van der Waals surface area (Å²) in [6.07, 6.45) is 4.29. The molecule has 1 aliphatic heterocycles. The average molecular weight is 214 g/mol. The van der Waals surface area contributed by atoms with E-state index in [1.54, 1.807) is 0 Å². The van der Waals surface area contributed by atoms with Crippen LogP contribution in [0.15, 0.2) is 0 Å². The number of unbranched alkanes of at least 4 members (excludes halogenated alkanes) is 2. The van der Waals surface area contributed by atoms with Crippen LogP contribution in [0.5, 0.6) is 0 Å². The van der Waals surface area contributed by atoms with Gasteiger partial charge in [0, 0.05) is 19.0 Å². The first-order chi connectivity index (χ1) is 7.22. The predicted molar refractivity (Wildman–Crippen MR) is 55.7 cm³/mol. The fourth-order valence-corrected chi connectivity index (χ4v) is 1.60. The fourth-order valence-electron chi connectivity index (χ4n) is 1.60. The van der Waals surface area contributed by atoms with Gasteiger partial charge in [0.2, 0.25) is 5.91 Å². The van der Waals surface area contributed by atoms with Crippen LogP contribution in [0.3, 0.4) is 0 Å². The lowest BCUT2D eigenvalue weighted by Crippen LogP contribution is -2.29. The summed E-state index contributed by atoms with van der Waals surface area (Å²) in [5, 5.41) is 5.52. The number of carbonyl (C=O) groups excluding carboxylic acids is 2. The summed E-state index contributed by atoms with van der Waals surface area (Å²) in [5.74, 6) is 4.83. The van der Waals surface area contributed by atoms with Gasteiger partial charge in [0.1, 0.15) is 0 Å². The molecule has 0 aromatic heterocycles. The van der Waals surface area contributed by atoms with E-state index in [-0.39, 0.29) is 18.0 Å². The van der Waals surface area contributed by atoms with E-state index in [0.29, 0.717) is 13.0 Å². The van der Waals surface area contributed by atoms with E-state index in [1.807, 2.05) is 0 Å². The molecule has 3 amide bonds. The normalized spacial score (nSPS) is 19.5. The van der Waals surface area contributed by atoms with E-state index in [2.05, 4.69) is 16.1 Å².